The van der Waals surface area contributed by atoms with Crippen molar-refractivity contribution in [3.63, 3.8) is 0 Å². The van der Waals surface area contributed by atoms with Gasteiger partial charge in [0, 0.05) is 13.0 Å². The van der Waals surface area contributed by atoms with Crippen LogP contribution in [0.5, 0.6) is 0 Å². The van der Waals surface area contributed by atoms with Gasteiger partial charge in [0.05, 0.1) is 11.6 Å². The lowest BCUT2D eigenvalue weighted by atomic mass is 9.80. The van der Waals surface area contributed by atoms with Crippen molar-refractivity contribution in [1.82, 2.24) is 4.90 Å². The molecular formula is C19H27NO2. The summed E-state index contributed by atoms with van der Waals surface area (Å²) < 4.78 is 0. The predicted octanol–water partition coefficient (Wildman–Crippen LogP) is 3.26. The van der Waals surface area contributed by atoms with E-state index in [2.05, 4.69) is 26.0 Å². The van der Waals surface area contributed by atoms with Gasteiger partial charge in [0.2, 0.25) is 5.91 Å². The minimum atomic E-state index is -0.334. The number of likely N-dealkylation sites (tertiary alicyclic amines) is 1. The lowest BCUT2D eigenvalue weighted by Crippen LogP contribution is -2.51. The Labute approximate surface area is 133 Å². The van der Waals surface area contributed by atoms with E-state index < -0.39 is 0 Å². The van der Waals surface area contributed by atoms with Gasteiger partial charge < -0.3 is 10.0 Å². The van der Waals surface area contributed by atoms with Gasteiger partial charge in [-0.2, -0.15) is 0 Å². The van der Waals surface area contributed by atoms with E-state index in [4.69, 9.17) is 0 Å². The monoisotopic (exact) mass is 301 g/mol. The van der Waals surface area contributed by atoms with Crippen molar-refractivity contribution >= 4 is 5.91 Å². The molecule has 1 atom stereocenters. The number of hydrogen-bond donors (Lipinski definition) is 1. The Bertz CT molecular complexity index is 532. The molecule has 3 rings (SSSR count). The van der Waals surface area contributed by atoms with Crippen molar-refractivity contribution in [2.45, 2.75) is 69.4 Å². The second-order valence-corrected chi connectivity index (χ2v) is 7.59. The van der Waals surface area contributed by atoms with Crippen molar-refractivity contribution in [3.8, 4) is 0 Å². The number of nitrogens with zero attached hydrogens (tertiary/aromatic N) is 1. The molecule has 2 aliphatic rings. The van der Waals surface area contributed by atoms with Gasteiger partial charge in [-0.1, -0.05) is 57.0 Å². The van der Waals surface area contributed by atoms with Crippen molar-refractivity contribution < 1.29 is 9.90 Å². The summed E-state index contributed by atoms with van der Waals surface area (Å²) in [5.74, 6) is 0.201. The maximum Gasteiger partial charge on any atom is 0.223 e. The SMILES string of the molecule is CC(C)(CC(=O)N1CCC(O)C12CCCC2)c1ccccc1. The highest BCUT2D eigenvalue weighted by Crippen LogP contribution is 2.44. The van der Waals surface area contributed by atoms with Crippen LogP contribution < -0.4 is 0 Å². The zero-order valence-corrected chi connectivity index (χ0v) is 13.7. The van der Waals surface area contributed by atoms with Crippen LogP contribution in [0.15, 0.2) is 30.3 Å². The minimum Gasteiger partial charge on any atom is -0.391 e. The molecule has 1 amide bonds. The molecule has 120 valence electrons. The van der Waals surface area contributed by atoms with Gasteiger partial charge in [-0.3, -0.25) is 4.79 Å². The molecule has 1 aromatic rings. The van der Waals surface area contributed by atoms with Crippen LogP contribution in [-0.2, 0) is 10.2 Å². The lowest BCUT2D eigenvalue weighted by molar-refractivity contribution is -0.138. The van der Waals surface area contributed by atoms with Crippen LogP contribution in [-0.4, -0.2) is 34.1 Å². The summed E-state index contributed by atoms with van der Waals surface area (Å²) in [5.41, 5.74) is 0.763. The molecule has 1 heterocycles. The maximum absolute atomic E-state index is 13.0. The Balaban J connectivity index is 1.77. The van der Waals surface area contributed by atoms with Crippen LogP contribution in [0.3, 0.4) is 0 Å². The molecule has 0 aromatic heterocycles. The van der Waals surface area contributed by atoms with Crippen LogP contribution in [0, 0.1) is 0 Å². The predicted molar refractivity (Wildman–Crippen MR) is 87.6 cm³/mol. The summed E-state index contributed by atoms with van der Waals surface area (Å²) in [4.78, 5) is 15.0. The van der Waals surface area contributed by atoms with Crippen LogP contribution in [0.2, 0.25) is 0 Å². The van der Waals surface area contributed by atoms with E-state index in [0.29, 0.717) is 13.0 Å². The van der Waals surface area contributed by atoms with Gasteiger partial charge in [-0.15, -0.1) is 0 Å². The highest BCUT2D eigenvalue weighted by atomic mass is 16.3. The number of hydrogen-bond acceptors (Lipinski definition) is 2. The molecule has 3 nitrogen and oxygen atoms in total. The first-order valence-electron chi connectivity index (χ1n) is 8.50. The molecular weight excluding hydrogens is 274 g/mol. The summed E-state index contributed by atoms with van der Waals surface area (Å²) in [5, 5.41) is 10.4. The Morgan fingerprint density at radius 1 is 1.27 bits per heavy atom. The number of amides is 1. The number of carbonyl (C=O) groups excluding carboxylic acids is 1. The van der Waals surface area contributed by atoms with E-state index in [1.54, 1.807) is 0 Å². The molecule has 3 heteroatoms. The molecule has 1 saturated heterocycles. The second kappa shape index (κ2) is 5.69. The van der Waals surface area contributed by atoms with E-state index in [1.165, 1.54) is 5.56 Å². The van der Waals surface area contributed by atoms with Crippen LogP contribution in [0.1, 0.15) is 57.9 Å². The smallest absolute Gasteiger partial charge is 0.223 e. The van der Waals surface area contributed by atoms with E-state index in [0.717, 1.165) is 32.1 Å². The fourth-order valence-electron chi connectivity index (χ4n) is 4.35. The minimum absolute atomic E-state index is 0.175. The third-order valence-corrected chi connectivity index (χ3v) is 5.70. The molecule has 1 aliphatic carbocycles. The molecule has 1 spiro atoms. The number of aliphatic hydroxyl groups excluding tert-OH is 1. The van der Waals surface area contributed by atoms with Gasteiger partial charge in [0.25, 0.3) is 0 Å². The molecule has 1 N–H and O–H groups in total. The number of benzene rings is 1. The first-order chi connectivity index (χ1) is 10.5. The third-order valence-electron chi connectivity index (χ3n) is 5.70. The molecule has 1 aromatic carbocycles. The maximum atomic E-state index is 13.0. The van der Waals surface area contributed by atoms with Crippen molar-refractivity contribution in [3.05, 3.63) is 35.9 Å². The van der Waals surface area contributed by atoms with E-state index >= 15 is 0 Å². The molecule has 0 radical (unpaired) electrons. The zero-order valence-electron chi connectivity index (χ0n) is 13.7. The zero-order chi connectivity index (χ0) is 15.8. The van der Waals surface area contributed by atoms with Gasteiger partial charge in [0.15, 0.2) is 0 Å². The van der Waals surface area contributed by atoms with E-state index in [1.807, 2.05) is 23.1 Å². The fourth-order valence-corrected chi connectivity index (χ4v) is 4.35. The largest absolute Gasteiger partial charge is 0.391 e. The summed E-state index contributed by atoms with van der Waals surface area (Å²) in [6.45, 7) is 4.98. The molecule has 22 heavy (non-hydrogen) atoms. The number of rotatable bonds is 3. The van der Waals surface area contributed by atoms with Crippen molar-refractivity contribution in [1.29, 1.82) is 0 Å². The van der Waals surface area contributed by atoms with Gasteiger partial charge >= 0.3 is 0 Å². The van der Waals surface area contributed by atoms with Crippen molar-refractivity contribution in [2.24, 2.45) is 0 Å². The van der Waals surface area contributed by atoms with Crippen LogP contribution in [0.25, 0.3) is 0 Å². The Hall–Kier alpha value is -1.35. The molecule has 0 bridgehead atoms. The summed E-state index contributed by atoms with van der Waals surface area (Å²) in [7, 11) is 0. The third kappa shape index (κ3) is 2.56. The van der Waals surface area contributed by atoms with E-state index in [-0.39, 0.29) is 23.0 Å². The van der Waals surface area contributed by atoms with Crippen molar-refractivity contribution in [2.75, 3.05) is 6.54 Å². The first-order valence-corrected chi connectivity index (χ1v) is 8.50. The van der Waals surface area contributed by atoms with Gasteiger partial charge in [0.1, 0.15) is 0 Å². The highest BCUT2D eigenvalue weighted by Gasteiger charge is 2.51. The van der Waals surface area contributed by atoms with Crippen LogP contribution >= 0.6 is 0 Å². The number of carbonyl (C=O) groups is 1. The van der Waals surface area contributed by atoms with Crippen LogP contribution in [0.4, 0.5) is 0 Å². The Kier molecular flexibility index (Phi) is 4.02. The highest BCUT2D eigenvalue weighted by molar-refractivity contribution is 5.79. The lowest BCUT2D eigenvalue weighted by Gasteiger charge is -2.39. The summed E-state index contributed by atoms with van der Waals surface area (Å²) in [6.07, 6.45) is 5.09. The van der Waals surface area contributed by atoms with Gasteiger partial charge in [-0.25, -0.2) is 0 Å². The average Bonchev–Trinajstić information content (AvgIpc) is 3.10. The molecule has 2 fully saturated rings. The quantitative estimate of drug-likeness (QED) is 0.931. The average molecular weight is 301 g/mol. The second-order valence-electron chi connectivity index (χ2n) is 7.59. The molecule has 1 aliphatic heterocycles. The normalized spacial score (nSPS) is 24.1. The summed E-state index contributed by atoms with van der Waals surface area (Å²) >= 11 is 0. The standard InChI is InChI=1S/C19H27NO2/c1-18(2,15-8-4-3-5-9-15)14-17(22)20-13-10-16(21)19(20)11-6-7-12-19/h3-5,8-9,16,21H,6-7,10-14H2,1-2H3. The van der Waals surface area contributed by atoms with E-state index in [9.17, 15) is 9.90 Å². The topological polar surface area (TPSA) is 40.5 Å². The Morgan fingerprint density at radius 3 is 2.55 bits per heavy atom. The first kappa shape index (κ1) is 15.5. The Morgan fingerprint density at radius 2 is 1.91 bits per heavy atom. The van der Waals surface area contributed by atoms with Gasteiger partial charge in [-0.05, 0) is 30.2 Å². The number of aliphatic hydroxyl groups is 1. The summed E-state index contributed by atoms with van der Waals surface area (Å²) in [6, 6.07) is 10.2. The molecule has 1 saturated carbocycles. The molecule has 1 unspecified atom stereocenters. The fraction of sp³-hybridized carbons (Fsp3) is 0.632.